The third-order valence-electron chi connectivity index (χ3n) is 6.02. The number of hydrogen-bond acceptors (Lipinski definition) is 8. The van der Waals surface area contributed by atoms with Crippen molar-refractivity contribution in [3.05, 3.63) is 45.5 Å². The molecule has 1 atom stereocenters. The zero-order valence-corrected chi connectivity index (χ0v) is 19.0. The van der Waals surface area contributed by atoms with E-state index >= 15 is 0 Å². The molecule has 1 fully saturated rings. The van der Waals surface area contributed by atoms with Crippen molar-refractivity contribution in [2.45, 2.75) is 37.8 Å². The topological polar surface area (TPSA) is 108 Å². The molecule has 1 aromatic heterocycles. The summed E-state index contributed by atoms with van der Waals surface area (Å²) < 4.78 is 5.50. The number of nitrogens with one attached hydrogen (secondary N) is 1. The molecular formula is C21H27Cl2N7O. The summed E-state index contributed by atoms with van der Waals surface area (Å²) in [6, 6.07) is 5.19. The fraction of sp³-hybridized carbons (Fsp3) is 0.524. The van der Waals surface area contributed by atoms with Gasteiger partial charge in [-0.05, 0) is 56.7 Å². The second kappa shape index (κ2) is 9.65. The Kier molecular flexibility index (Phi) is 6.91. The highest BCUT2D eigenvalue weighted by Crippen LogP contribution is 2.27. The summed E-state index contributed by atoms with van der Waals surface area (Å²) >= 11 is 12.5. The Bertz CT molecular complexity index is 968. The second-order valence-corrected chi connectivity index (χ2v) is 9.09. The molecule has 0 amide bonds. The molecule has 1 saturated heterocycles. The number of aromatic nitrogens is 2. The first-order valence-electron chi connectivity index (χ1n) is 10.5. The van der Waals surface area contributed by atoms with E-state index in [0.29, 0.717) is 53.7 Å². The third-order valence-corrected chi connectivity index (χ3v) is 6.63. The van der Waals surface area contributed by atoms with Crippen LogP contribution in [-0.2, 0) is 6.54 Å². The maximum Gasteiger partial charge on any atom is 0.230 e. The van der Waals surface area contributed by atoms with Gasteiger partial charge >= 0.3 is 0 Å². The van der Waals surface area contributed by atoms with Gasteiger partial charge in [-0.15, -0.1) is 0 Å². The van der Waals surface area contributed by atoms with Gasteiger partial charge < -0.3 is 20.6 Å². The quantitative estimate of drug-likeness (QED) is 0.636. The number of hydrogen-bond donors (Lipinski definition) is 2. The van der Waals surface area contributed by atoms with Crippen LogP contribution in [-0.4, -0.2) is 70.8 Å². The van der Waals surface area contributed by atoms with Gasteiger partial charge in [0.1, 0.15) is 5.84 Å². The molecule has 1 aromatic carbocycles. The lowest BCUT2D eigenvalue weighted by molar-refractivity contribution is 0.227. The Labute approximate surface area is 191 Å². The Balaban J connectivity index is 1.46. The van der Waals surface area contributed by atoms with Gasteiger partial charge in [0, 0.05) is 35.5 Å². The number of benzene rings is 1. The van der Waals surface area contributed by atoms with Gasteiger partial charge in [0.25, 0.3) is 0 Å². The van der Waals surface area contributed by atoms with Gasteiger partial charge in [0.15, 0.2) is 0 Å². The minimum Gasteiger partial charge on any atom is -0.386 e. The van der Waals surface area contributed by atoms with E-state index in [4.69, 9.17) is 38.9 Å². The van der Waals surface area contributed by atoms with Crippen LogP contribution in [0.25, 0.3) is 0 Å². The normalized spacial score (nSPS) is 21.3. The SMILES string of the molecule is CN1CCC(c2nc(C(=N)CC3C(N)=NCCN3Cc3cc(Cl)ccc3Cl)no2)CC1. The fourth-order valence-corrected chi connectivity index (χ4v) is 4.50. The van der Waals surface area contributed by atoms with Crippen molar-refractivity contribution < 1.29 is 4.52 Å². The predicted molar refractivity (Wildman–Crippen MR) is 122 cm³/mol. The highest BCUT2D eigenvalue weighted by Gasteiger charge is 2.30. The summed E-state index contributed by atoms with van der Waals surface area (Å²) in [5.74, 6) is 1.72. The molecule has 8 nitrogen and oxygen atoms in total. The van der Waals surface area contributed by atoms with Crippen LogP contribution in [0.2, 0.25) is 10.0 Å². The zero-order chi connectivity index (χ0) is 22.0. The van der Waals surface area contributed by atoms with Crippen LogP contribution in [0.5, 0.6) is 0 Å². The van der Waals surface area contributed by atoms with Gasteiger partial charge in [0.2, 0.25) is 11.7 Å². The molecule has 4 rings (SSSR count). The highest BCUT2D eigenvalue weighted by molar-refractivity contribution is 6.33. The maximum absolute atomic E-state index is 8.58. The number of piperidine rings is 1. The van der Waals surface area contributed by atoms with Gasteiger partial charge in [-0.3, -0.25) is 9.89 Å². The molecule has 166 valence electrons. The number of halogens is 2. The molecule has 3 heterocycles. The average Bonchev–Trinajstić information content (AvgIpc) is 3.24. The molecular weight excluding hydrogens is 437 g/mol. The minimum atomic E-state index is -0.235. The summed E-state index contributed by atoms with van der Waals surface area (Å²) in [5, 5.41) is 13.9. The summed E-state index contributed by atoms with van der Waals surface area (Å²) in [6.07, 6.45) is 2.32. The smallest absolute Gasteiger partial charge is 0.230 e. The molecule has 0 spiro atoms. The van der Waals surface area contributed by atoms with Crippen LogP contribution in [0.4, 0.5) is 0 Å². The van der Waals surface area contributed by atoms with Crippen molar-refractivity contribution in [1.29, 1.82) is 5.41 Å². The van der Waals surface area contributed by atoms with Crippen molar-refractivity contribution in [2.24, 2.45) is 10.7 Å². The van der Waals surface area contributed by atoms with Crippen LogP contribution < -0.4 is 5.73 Å². The molecule has 0 radical (unpaired) electrons. The fourth-order valence-electron chi connectivity index (χ4n) is 4.13. The van der Waals surface area contributed by atoms with E-state index in [0.717, 1.165) is 31.5 Å². The number of nitrogens with two attached hydrogens (primary N) is 1. The summed E-state index contributed by atoms with van der Waals surface area (Å²) in [6.45, 7) is 3.91. The molecule has 0 bridgehead atoms. The first-order valence-corrected chi connectivity index (χ1v) is 11.2. The monoisotopic (exact) mass is 463 g/mol. The number of likely N-dealkylation sites (tertiary alicyclic amines) is 1. The molecule has 0 saturated carbocycles. The van der Waals surface area contributed by atoms with Crippen molar-refractivity contribution in [3.8, 4) is 0 Å². The number of rotatable bonds is 6. The molecule has 31 heavy (non-hydrogen) atoms. The third kappa shape index (κ3) is 5.26. The Morgan fingerprint density at radius 2 is 2.03 bits per heavy atom. The van der Waals surface area contributed by atoms with E-state index in [1.165, 1.54) is 0 Å². The van der Waals surface area contributed by atoms with Gasteiger partial charge in [0.05, 0.1) is 18.3 Å². The molecule has 0 aliphatic carbocycles. The van der Waals surface area contributed by atoms with E-state index in [-0.39, 0.29) is 17.7 Å². The zero-order valence-electron chi connectivity index (χ0n) is 17.5. The molecule has 2 aliphatic rings. The van der Waals surface area contributed by atoms with Gasteiger partial charge in [-0.1, -0.05) is 28.4 Å². The van der Waals surface area contributed by atoms with E-state index in [1.54, 1.807) is 12.1 Å². The second-order valence-electron chi connectivity index (χ2n) is 8.25. The average molecular weight is 464 g/mol. The Hall–Kier alpha value is -2.00. The van der Waals surface area contributed by atoms with Crippen molar-refractivity contribution in [2.75, 3.05) is 33.2 Å². The lowest BCUT2D eigenvalue weighted by Crippen LogP contribution is -2.50. The first kappa shape index (κ1) is 22.2. The van der Waals surface area contributed by atoms with E-state index < -0.39 is 0 Å². The van der Waals surface area contributed by atoms with Crippen molar-refractivity contribution in [1.82, 2.24) is 19.9 Å². The Morgan fingerprint density at radius 1 is 1.26 bits per heavy atom. The maximum atomic E-state index is 8.58. The van der Waals surface area contributed by atoms with Gasteiger partial charge in [-0.2, -0.15) is 4.98 Å². The number of nitrogens with zero attached hydrogens (tertiary/aromatic N) is 5. The summed E-state index contributed by atoms with van der Waals surface area (Å²) in [7, 11) is 2.11. The van der Waals surface area contributed by atoms with Crippen LogP contribution in [0.15, 0.2) is 27.7 Å². The lowest BCUT2D eigenvalue weighted by Gasteiger charge is -2.34. The van der Waals surface area contributed by atoms with Crippen LogP contribution >= 0.6 is 23.2 Å². The first-order chi connectivity index (χ1) is 14.9. The largest absolute Gasteiger partial charge is 0.386 e. The summed E-state index contributed by atoms with van der Waals surface area (Å²) in [4.78, 5) is 13.4. The van der Waals surface area contributed by atoms with Crippen molar-refractivity contribution in [3.63, 3.8) is 0 Å². The lowest BCUT2D eigenvalue weighted by atomic mass is 9.97. The molecule has 2 aliphatic heterocycles. The minimum absolute atomic E-state index is 0.235. The molecule has 1 unspecified atom stereocenters. The van der Waals surface area contributed by atoms with E-state index in [9.17, 15) is 0 Å². The van der Waals surface area contributed by atoms with Crippen LogP contribution in [0.3, 0.4) is 0 Å². The van der Waals surface area contributed by atoms with Crippen LogP contribution in [0.1, 0.15) is 42.5 Å². The van der Waals surface area contributed by atoms with Crippen molar-refractivity contribution >= 4 is 34.7 Å². The molecule has 10 heteroatoms. The number of aliphatic imine (C=N–C) groups is 1. The number of amidine groups is 1. The van der Waals surface area contributed by atoms with E-state index in [2.05, 4.69) is 32.0 Å². The standard InChI is InChI=1S/C21H27Cl2N7O/c1-29-7-4-13(5-8-29)21-27-20(28-31-21)17(24)11-18-19(25)26-6-9-30(18)12-14-10-15(22)2-3-16(14)23/h2-3,10,13,18,24H,4-9,11-12H2,1H3,(H2,25,26). The van der Waals surface area contributed by atoms with Crippen LogP contribution in [0, 0.1) is 5.41 Å². The summed E-state index contributed by atoms with van der Waals surface area (Å²) in [5.41, 5.74) is 7.44. The molecule has 3 N–H and O–H groups in total. The highest BCUT2D eigenvalue weighted by atomic mass is 35.5. The van der Waals surface area contributed by atoms with Gasteiger partial charge in [-0.25, -0.2) is 0 Å². The van der Waals surface area contributed by atoms with E-state index in [1.807, 2.05) is 6.07 Å². The Morgan fingerprint density at radius 3 is 2.81 bits per heavy atom. The molecule has 2 aromatic rings. The predicted octanol–water partition coefficient (Wildman–Crippen LogP) is 3.19.